The van der Waals surface area contributed by atoms with Gasteiger partial charge in [-0.15, -0.1) is 0 Å². The first-order valence-corrected chi connectivity index (χ1v) is 6.65. The smallest absolute Gasteiger partial charge is 0.0506 e. The van der Waals surface area contributed by atoms with Gasteiger partial charge in [-0.2, -0.15) is 0 Å². The largest absolute Gasteiger partial charge is 0.381 e. The summed E-state index contributed by atoms with van der Waals surface area (Å²) >= 11 is 0. The Morgan fingerprint density at radius 2 is 2.00 bits per heavy atom. The third-order valence-corrected chi connectivity index (χ3v) is 3.92. The fraction of sp³-hybridized carbons (Fsp3) is 1.00. The summed E-state index contributed by atoms with van der Waals surface area (Å²) in [4.78, 5) is 0. The van der Waals surface area contributed by atoms with E-state index in [0.29, 0.717) is 6.04 Å². The lowest BCUT2D eigenvalue weighted by Gasteiger charge is -2.30. The highest BCUT2D eigenvalue weighted by Gasteiger charge is 2.20. The molecule has 1 aliphatic heterocycles. The van der Waals surface area contributed by atoms with Gasteiger partial charge in [0.1, 0.15) is 0 Å². The van der Waals surface area contributed by atoms with Gasteiger partial charge in [-0.1, -0.05) is 19.3 Å². The molecule has 0 aromatic carbocycles. The molecule has 2 nitrogen and oxygen atoms in total. The van der Waals surface area contributed by atoms with E-state index >= 15 is 0 Å². The summed E-state index contributed by atoms with van der Waals surface area (Å²) in [5.41, 5.74) is 0. The molecule has 0 bridgehead atoms. The molecule has 1 saturated carbocycles. The molecule has 2 unspecified atom stereocenters. The predicted molar refractivity (Wildman–Crippen MR) is 63.0 cm³/mol. The third kappa shape index (κ3) is 3.76. The van der Waals surface area contributed by atoms with Crippen LogP contribution in [0.4, 0.5) is 0 Å². The van der Waals surface area contributed by atoms with Crippen LogP contribution in [0.15, 0.2) is 0 Å². The molecule has 2 fully saturated rings. The van der Waals surface area contributed by atoms with E-state index < -0.39 is 0 Å². The van der Waals surface area contributed by atoms with E-state index in [9.17, 15) is 0 Å². The topological polar surface area (TPSA) is 21.3 Å². The number of rotatable bonds is 5. The molecular weight excluding hydrogens is 186 g/mol. The minimum absolute atomic E-state index is 0.706. The lowest BCUT2D eigenvalue weighted by Crippen LogP contribution is -2.36. The minimum Gasteiger partial charge on any atom is -0.381 e. The van der Waals surface area contributed by atoms with Gasteiger partial charge in [0.25, 0.3) is 0 Å². The molecular formula is C13H25NO. The Morgan fingerprint density at radius 1 is 1.20 bits per heavy atom. The highest BCUT2D eigenvalue weighted by Crippen LogP contribution is 2.30. The van der Waals surface area contributed by atoms with Crippen LogP contribution in [0.2, 0.25) is 0 Å². The van der Waals surface area contributed by atoms with Crippen LogP contribution in [0.25, 0.3) is 0 Å². The van der Waals surface area contributed by atoms with E-state index in [1.54, 1.807) is 0 Å². The van der Waals surface area contributed by atoms with Crippen LogP contribution in [0.1, 0.15) is 45.4 Å². The van der Waals surface area contributed by atoms with Gasteiger partial charge in [-0.05, 0) is 38.0 Å². The van der Waals surface area contributed by atoms with Crippen LogP contribution < -0.4 is 5.32 Å². The normalized spacial score (nSPS) is 29.8. The molecule has 2 aliphatic rings. The molecule has 2 rings (SSSR count). The fourth-order valence-corrected chi connectivity index (χ4v) is 2.65. The Morgan fingerprint density at radius 3 is 2.60 bits per heavy atom. The SMILES string of the molecule is CC(CC1CCC1)NCC1CCCOC1. The molecule has 1 saturated heterocycles. The van der Waals surface area contributed by atoms with Crippen LogP contribution in [0.5, 0.6) is 0 Å². The average molecular weight is 211 g/mol. The predicted octanol–water partition coefficient (Wildman–Crippen LogP) is 2.58. The lowest BCUT2D eigenvalue weighted by atomic mass is 9.81. The van der Waals surface area contributed by atoms with Crippen LogP contribution in [0.3, 0.4) is 0 Å². The van der Waals surface area contributed by atoms with Crippen molar-refractivity contribution in [2.45, 2.75) is 51.5 Å². The quantitative estimate of drug-likeness (QED) is 0.754. The summed E-state index contributed by atoms with van der Waals surface area (Å²) in [6.07, 6.45) is 8.39. The number of nitrogens with one attached hydrogen (secondary N) is 1. The second-order valence-electron chi connectivity index (χ2n) is 5.43. The maximum atomic E-state index is 5.49. The Hall–Kier alpha value is -0.0800. The second-order valence-corrected chi connectivity index (χ2v) is 5.43. The van der Waals surface area contributed by atoms with E-state index in [2.05, 4.69) is 12.2 Å². The van der Waals surface area contributed by atoms with E-state index in [0.717, 1.165) is 31.6 Å². The summed E-state index contributed by atoms with van der Waals surface area (Å²) in [7, 11) is 0. The number of hydrogen-bond donors (Lipinski definition) is 1. The van der Waals surface area contributed by atoms with Crippen molar-refractivity contribution in [1.29, 1.82) is 0 Å². The molecule has 1 N–H and O–H groups in total. The molecule has 0 radical (unpaired) electrons. The van der Waals surface area contributed by atoms with Crippen molar-refractivity contribution >= 4 is 0 Å². The van der Waals surface area contributed by atoms with Crippen molar-refractivity contribution in [2.75, 3.05) is 19.8 Å². The Balaban J connectivity index is 1.55. The van der Waals surface area contributed by atoms with Gasteiger partial charge in [0, 0.05) is 19.2 Å². The second kappa shape index (κ2) is 5.86. The Kier molecular flexibility index (Phi) is 4.45. The molecule has 0 spiro atoms. The maximum absolute atomic E-state index is 5.49. The van der Waals surface area contributed by atoms with Gasteiger partial charge < -0.3 is 10.1 Å². The minimum atomic E-state index is 0.706. The lowest BCUT2D eigenvalue weighted by molar-refractivity contribution is 0.0535. The molecule has 0 amide bonds. The van der Waals surface area contributed by atoms with Crippen molar-refractivity contribution in [1.82, 2.24) is 5.32 Å². The van der Waals surface area contributed by atoms with Crippen LogP contribution in [0, 0.1) is 11.8 Å². The average Bonchev–Trinajstić information content (AvgIpc) is 2.22. The van der Waals surface area contributed by atoms with E-state index in [1.165, 1.54) is 38.5 Å². The first-order chi connectivity index (χ1) is 7.34. The molecule has 2 heteroatoms. The third-order valence-electron chi connectivity index (χ3n) is 3.92. The molecule has 1 heterocycles. The first kappa shape index (κ1) is 11.4. The van der Waals surface area contributed by atoms with Crippen molar-refractivity contribution in [2.24, 2.45) is 11.8 Å². The fourth-order valence-electron chi connectivity index (χ4n) is 2.65. The van der Waals surface area contributed by atoms with Gasteiger partial charge >= 0.3 is 0 Å². The summed E-state index contributed by atoms with van der Waals surface area (Å²) in [6.45, 7) is 5.45. The first-order valence-electron chi connectivity index (χ1n) is 6.65. The van der Waals surface area contributed by atoms with Crippen molar-refractivity contribution in [3.63, 3.8) is 0 Å². The van der Waals surface area contributed by atoms with Gasteiger partial charge in [0.2, 0.25) is 0 Å². The van der Waals surface area contributed by atoms with E-state index in [4.69, 9.17) is 4.74 Å². The standard InChI is InChI=1S/C13H25NO/c1-11(8-12-4-2-5-12)14-9-13-6-3-7-15-10-13/h11-14H,2-10H2,1H3. The summed E-state index contributed by atoms with van der Waals surface area (Å²) in [5, 5.41) is 3.67. The van der Waals surface area contributed by atoms with Crippen molar-refractivity contribution in [3.05, 3.63) is 0 Å². The molecule has 0 aromatic heterocycles. The maximum Gasteiger partial charge on any atom is 0.0506 e. The molecule has 1 aliphatic carbocycles. The zero-order valence-electron chi connectivity index (χ0n) is 10.0. The van der Waals surface area contributed by atoms with Gasteiger partial charge in [0.15, 0.2) is 0 Å². The zero-order chi connectivity index (χ0) is 10.5. The Bertz CT molecular complexity index is 173. The molecule has 0 aromatic rings. The van der Waals surface area contributed by atoms with Gasteiger partial charge in [0.05, 0.1) is 6.61 Å². The van der Waals surface area contributed by atoms with Crippen molar-refractivity contribution < 1.29 is 4.74 Å². The Labute approximate surface area is 93.8 Å². The van der Waals surface area contributed by atoms with Crippen LogP contribution in [-0.4, -0.2) is 25.8 Å². The highest BCUT2D eigenvalue weighted by atomic mass is 16.5. The van der Waals surface area contributed by atoms with E-state index in [1.807, 2.05) is 0 Å². The summed E-state index contributed by atoms with van der Waals surface area (Å²) < 4.78 is 5.49. The molecule has 15 heavy (non-hydrogen) atoms. The summed E-state index contributed by atoms with van der Waals surface area (Å²) in [6, 6.07) is 0.706. The number of hydrogen-bond acceptors (Lipinski definition) is 2. The summed E-state index contributed by atoms with van der Waals surface area (Å²) in [5.74, 6) is 1.79. The monoisotopic (exact) mass is 211 g/mol. The van der Waals surface area contributed by atoms with Gasteiger partial charge in [-0.3, -0.25) is 0 Å². The highest BCUT2D eigenvalue weighted by molar-refractivity contribution is 4.76. The van der Waals surface area contributed by atoms with Gasteiger partial charge in [-0.25, -0.2) is 0 Å². The zero-order valence-corrected chi connectivity index (χ0v) is 10.0. The molecule has 88 valence electrons. The van der Waals surface area contributed by atoms with Crippen molar-refractivity contribution in [3.8, 4) is 0 Å². The van der Waals surface area contributed by atoms with Crippen LogP contribution >= 0.6 is 0 Å². The van der Waals surface area contributed by atoms with Crippen LogP contribution in [-0.2, 0) is 4.74 Å². The number of ether oxygens (including phenoxy) is 1. The van der Waals surface area contributed by atoms with E-state index in [-0.39, 0.29) is 0 Å². The molecule has 2 atom stereocenters.